The standard InChI is InChI=1S/C24H28N6O4/c1-5-32-20-14-30(11-10-19(20)34-22-9-8-21(27-28-22)33-15(2)3)18-12-23(31)29(4)17-7-6-16(13-25)26-24(17)18/h6-9,12,15,19-20H,5,10-11,14H2,1-4H3/t19-,20-/m0/s1. The molecule has 0 aliphatic carbocycles. The number of anilines is 1. The fourth-order valence-corrected chi connectivity index (χ4v) is 4.07. The van der Waals surface area contributed by atoms with Crippen LogP contribution >= 0.6 is 0 Å². The molecule has 0 saturated carbocycles. The summed E-state index contributed by atoms with van der Waals surface area (Å²) < 4.78 is 19.2. The average Bonchev–Trinajstić information content (AvgIpc) is 2.83. The number of piperidine rings is 1. The average molecular weight is 465 g/mol. The van der Waals surface area contributed by atoms with Crippen LogP contribution in [0.25, 0.3) is 11.0 Å². The zero-order valence-electron chi connectivity index (χ0n) is 19.8. The molecule has 0 unspecified atom stereocenters. The smallest absolute Gasteiger partial charge is 0.252 e. The molecule has 3 aromatic heterocycles. The first kappa shape index (κ1) is 23.4. The second-order valence-electron chi connectivity index (χ2n) is 8.36. The van der Waals surface area contributed by atoms with Crippen molar-refractivity contribution in [3.05, 3.63) is 46.4 Å². The molecule has 1 saturated heterocycles. The zero-order valence-corrected chi connectivity index (χ0v) is 19.8. The van der Waals surface area contributed by atoms with Crippen LogP contribution in [-0.2, 0) is 11.8 Å². The lowest BCUT2D eigenvalue weighted by Crippen LogP contribution is -2.51. The molecule has 3 aromatic rings. The van der Waals surface area contributed by atoms with Crippen LogP contribution in [0.5, 0.6) is 11.8 Å². The number of ether oxygens (including phenoxy) is 3. The van der Waals surface area contributed by atoms with Crippen LogP contribution in [0.1, 0.15) is 32.9 Å². The zero-order chi connectivity index (χ0) is 24.2. The van der Waals surface area contributed by atoms with E-state index in [4.69, 9.17) is 14.2 Å². The Balaban J connectivity index is 1.58. The predicted octanol–water partition coefficient (Wildman–Crippen LogP) is 2.45. The predicted molar refractivity (Wildman–Crippen MR) is 126 cm³/mol. The molecule has 0 radical (unpaired) electrons. The van der Waals surface area contributed by atoms with Crippen LogP contribution in [0.2, 0.25) is 0 Å². The van der Waals surface area contributed by atoms with E-state index < -0.39 is 0 Å². The summed E-state index contributed by atoms with van der Waals surface area (Å²) in [5.74, 6) is 0.846. The minimum atomic E-state index is -0.259. The van der Waals surface area contributed by atoms with Crippen molar-refractivity contribution in [1.29, 1.82) is 5.26 Å². The van der Waals surface area contributed by atoms with Gasteiger partial charge < -0.3 is 23.7 Å². The lowest BCUT2D eigenvalue weighted by Gasteiger charge is -2.39. The Labute approximate surface area is 197 Å². The van der Waals surface area contributed by atoms with Crippen molar-refractivity contribution in [3.63, 3.8) is 0 Å². The summed E-state index contributed by atoms with van der Waals surface area (Å²) in [7, 11) is 1.70. The Bertz CT molecular complexity index is 1250. The van der Waals surface area contributed by atoms with E-state index in [1.165, 1.54) is 4.57 Å². The molecule has 4 heterocycles. The maximum Gasteiger partial charge on any atom is 0.252 e. The Morgan fingerprint density at radius 1 is 1.18 bits per heavy atom. The molecular formula is C24H28N6O4. The summed E-state index contributed by atoms with van der Waals surface area (Å²) >= 11 is 0. The van der Waals surface area contributed by atoms with E-state index in [-0.39, 0.29) is 23.9 Å². The monoisotopic (exact) mass is 464 g/mol. The number of rotatable bonds is 7. The number of aromatic nitrogens is 4. The fourth-order valence-electron chi connectivity index (χ4n) is 4.07. The maximum absolute atomic E-state index is 12.6. The highest BCUT2D eigenvalue weighted by molar-refractivity contribution is 5.88. The first-order chi connectivity index (χ1) is 16.4. The van der Waals surface area contributed by atoms with E-state index in [2.05, 4.69) is 26.2 Å². The summed E-state index contributed by atoms with van der Waals surface area (Å²) in [6.45, 7) is 7.42. The minimum absolute atomic E-state index is 0.0114. The lowest BCUT2D eigenvalue weighted by molar-refractivity contribution is -0.0299. The summed E-state index contributed by atoms with van der Waals surface area (Å²) in [5.41, 5.74) is 2.14. The highest BCUT2D eigenvalue weighted by Gasteiger charge is 2.33. The lowest BCUT2D eigenvalue weighted by atomic mass is 10.0. The van der Waals surface area contributed by atoms with Crippen molar-refractivity contribution in [1.82, 2.24) is 19.7 Å². The van der Waals surface area contributed by atoms with Crippen molar-refractivity contribution >= 4 is 16.7 Å². The van der Waals surface area contributed by atoms with Gasteiger partial charge in [-0.2, -0.15) is 5.26 Å². The van der Waals surface area contributed by atoms with Crippen LogP contribution < -0.4 is 19.9 Å². The first-order valence-corrected chi connectivity index (χ1v) is 11.3. The maximum atomic E-state index is 12.6. The van der Waals surface area contributed by atoms with Gasteiger partial charge in [0.15, 0.2) is 0 Å². The van der Waals surface area contributed by atoms with Gasteiger partial charge in [0.2, 0.25) is 11.8 Å². The summed E-state index contributed by atoms with van der Waals surface area (Å²) in [6, 6.07) is 10.5. The summed E-state index contributed by atoms with van der Waals surface area (Å²) in [4.78, 5) is 19.2. The van der Waals surface area contributed by atoms with Gasteiger partial charge >= 0.3 is 0 Å². The van der Waals surface area contributed by atoms with Crippen LogP contribution in [-0.4, -0.2) is 57.8 Å². The van der Waals surface area contributed by atoms with Crippen molar-refractivity contribution in [3.8, 4) is 17.8 Å². The number of fused-ring (bicyclic) bond motifs is 1. The van der Waals surface area contributed by atoms with Crippen molar-refractivity contribution in [2.24, 2.45) is 7.05 Å². The van der Waals surface area contributed by atoms with Gasteiger partial charge in [0.05, 0.1) is 17.3 Å². The molecular weight excluding hydrogens is 436 g/mol. The summed E-state index contributed by atoms with van der Waals surface area (Å²) in [5, 5.41) is 17.5. The van der Waals surface area contributed by atoms with E-state index in [9.17, 15) is 10.1 Å². The molecule has 10 heteroatoms. The molecule has 34 heavy (non-hydrogen) atoms. The highest BCUT2D eigenvalue weighted by Crippen LogP contribution is 2.29. The number of hydrogen-bond donors (Lipinski definition) is 0. The molecule has 0 aromatic carbocycles. The van der Waals surface area contributed by atoms with Crippen LogP contribution in [0.15, 0.2) is 35.1 Å². The van der Waals surface area contributed by atoms with Crippen LogP contribution in [0, 0.1) is 11.3 Å². The molecule has 1 fully saturated rings. The van der Waals surface area contributed by atoms with Gasteiger partial charge in [-0.15, -0.1) is 10.2 Å². The number of hydrogen-bond acceptors (Lipinski definition) is 9. The SMILES string of the molecule is CCO[C@H]1CN(c2cc(=O)n(C)c3ccc(C#N)nc23)CC[C@@H]1Oc1ccc(OC(C)C)nn1. The normalized spacial score (nSPS) is 18.2. The Morgan fingerprint density at radius 2 is 1.94 bits per heavy atom. The molecule has 10 nitrogen and oxygen atoms in total. The third-order valence-electron chi connectivity index (χ3n) is 5.65. The van der Waals surface area contributed by atoms with E-state index in [0.717, 1.165) is 0 Å². The van der Waals surface area contributed by atoms with E-state index in [1.807, 2.05) is 20.8 Å². The number of nitriles is 1. The molecule has 0 amide bonds. The minimum Gasteiger partial charge on any atom is -0.474 e. The third-order valence-corrected chi connectivity index (χ3v) is 5.65. The van der Waals surface area contributed by atoms with Crippen molar-refractivity contribution in [2.45, 2.75) is 45.5 Å². The Morgan fingerprint density at radius 3 is 2.62 bits per heavy atom. The highest BCUT2D eigenvalue weighted by atomic mass is 16.5. The summed E-state index contributed by atoms with van der Waals surface area (Å²) in [6.07, 6.45) is 0.163. The van der Waals surface area contributed by atoms with Gasteiger partial charge in [-0.1, -0.05) is 0 Å². The van der Waals surface area contributed by atoms with Gasteiger partial charge in [-0.25, -0.2) is 4.98 Å². The number of aryl methyl sites for hydroxylation is 1. The van der Waals surface area contributed by atoms with Crippen molar-refractivity contribution < 1.29 is 14.2 Å². The molecule has 0 N–H and O–H groups in total. The molecule has 2 atom stereocenters. The van der Waals surface area contributed by atoms with Gasteiger partial charge in [-0.3, -0.25) is 4.79 Å². The largest absolute Gasteiger partial charge is 0.474 e. The topological polar surface area (TPSA) is 115 Å². The Kier molecular flexibility index (Phi) is 6.93. The first-order valence-electron chi connectivity index (χ1n) is 11.3. The van der Waals surface area contributed by atoms with Gasteiger partial charge in [-0.05, 0) is 32.9 Å². The van der Waals surface area contributed by atoms with Crippen LogP contribution in [0.4, 0.5) is 5.69 Å². The van der Waals surface area contributed by atoms with Crippen molar-refractivity contribution in [2.75, 3.05) is 24.6 Å². The molecule has 0 bridgehead atoms. The number of nitrogens with zero attached hydrogens (tertiary/aromatic N) is 6. The van der Waals surface area contributed by atoms with Gasteiger partial charge in [0.25, 0.3) is 5.56 Å². The number of pyridine rings is 2. The molecule has 1 aliphatic rings. The molecule has 0 spiro atoms. The molecule has 178 valence electrons. The fraction of sp³-hybridized carbons (Fsp3) is 0.458. The van der Waals surface area contributed by atoms with Crippen LogP contribution in [0.3, 0.4) is 0 Å². The second-order valence-corrected chi connectivity index (χ2v) is 8.36. The van der Waals surface area contributed by atoms with Gasteiger partial charge in [0, 0.05) is 51.4 Å². The third kappa shape index (κ3) is 4.94. The van der Waals surface area contributed by atoms with E-state index >= 15 is 0 Å². The Hall–Kier alpha value is -3.71. The second kappa shape index (κ2) is 10.1. The van der Waals surface area contributed by atoms with E-state index in [0.29, 0.717) is 60.3 Å². The van der Waals surface area contributed by atoms with E-state index in [1.54, 1.807) is 37.4 Å². The quantitative estimate of drug-likeness (QED) is 0.520. The molecule has 4 rings (SSSR count). The van der Waals surface area contributed by atoms with Gasteiger partial charge in [0.1, 0.15) is 29.5 Å². The molecule has 1 aliphatic heterocycles.